The minimum Gasteiger partial charge on any atom is -0.312 e. The Bertz CT molecular complexity index is 566. The molecule has 0 amide bonds. The van der Waals surface area contributed by atoms with Gasteiger partial charge < -0.3 is 5.32 Å². The summed E-state index contributed by atoms with van der Waals surface area (Å²) >= 11 is 0. The van der Waals surface area contributed by atoms with Gasteiger partial charge >= 0.3 is 0 Å². The SMILES string of the molecule is C[C@H]1CN(S(=O)(=O)c2ccc(C#N)cc2)CCN1.Cl. The summed E-state index contributed by atoms with van der Waals surface area (Å²) in [5.41, 5.74) is 0.461. The lowest BCUT2D eigenvalue weighted by molar-refractivity contribution is 0.310. The first-order valence-electron chi connectivity index (χ1n) is 5.78. The number of hydrogen-bond acceptors (Lipinski definition) is 4. The fraction of sp³-hybridized carbons (Fsp3) is 0.417. The largest absolute Gasteiger partial charge is 0.312 e. The molecule has 1 aliphatic heterocycles. The first-order chi connectivity index (χ1) is 8.54. The number of nitriles is 1. The number of nitrogens with one attached hydrogen (secondary N) is 1. The molecule has 1 N–H and O–H groups in total. The van der Waals surface area contributed by atoms with Gasteiger partial charge in [0.05, 0.1) is 16.5 Å². The maximum atomic E-state index is 12.3. The Labute approximate surface area is 119 Å². The van der Waals surface area contributed by atoms with Crippen molar-refractivity contribution in [1.82, 2.24) is 9.62 Å². The van der Waals surface area contributed by atoms with Gasteiger partial charge in [-0.05, 0) is 31.2 Å². The van der Waals surface area contributed by atoms with Crippen LogP contribution in [0.3, 0.4) is 0 Å². The summed E-state index contributed by atoms with van der Waals surface area (Å²) in [5.74, 6) is 0. The minimum absolute atomic E-state index is 0. The number of halogens is 1. The Balaban J connectivity index is 0.00000180. The first kappa shape index (κ1) is 15.9. The van der Waals surface area contributed by atoms with Gasteiger partial charge in [0.1, 0.15) is 0 Å². The molecule has 2 rings (SSSR count). The summed E-state index contributed by atoms with van der Waals surface area (Å²) in [4.78, 5) is 0.246. The molecule has 1 fully saturated rings. The van der Waals surface area contributed by atoms with Gasteiger partial charge in [0.15, 0.2) is 0 Å². The van der Waals surface area contributed by atoms with E-state index in [1.807, 2.05) is 13.0 Å². The highest BCUT2D eigenvalue weighted by Crippen LogP contribution is 2.17. The molecular weight excluding hydrogens is 286 g/mol. The van der Waals surface area contributed by atoms with E-state index in [4.69, 9.17) is 5.26 Å². The van der Waals surface area contributed by atoms with Crippen LogP contribution in [0.5, 0.6) is 0 Å². The topological polar surface area (TPSA) is 73.2 Å². The van der Waals surface area contributed by atoms with Crippen molar-refractivity contribution in [2.45, 2.75) is 17.9 Å². The van der Waals surface area contributed by atoms with Crippen molar-refractivity contribution in [3.05, 3.63) is 29.8 Å². The van der Waals surface area contributed by atoms with Gasteiger partial charge in [-0.25, -0.2) is 8.42 Å². The predicted molar refractivity (Wildman–Crippen MR) is 74.6 cm³/mol. The van der Waals surface area contributed by atoms with Crippen LogP contribution in [-0.4, -0.2) is 38.4 Å². The van der Waals surface area contributed by atoms with Crippen LogP contribution in [0, 0.1) is 11.3 Å². The highest BCUT2D eigenvalue weighted by atomic mass is 35.5. The van der Waals surface area contributed by atoms with Gasteiger partial charge in [-0.15, -0.1) is 12.4 Å². The van der Waals surface area contributed by atoms with Crippen molar-refractivity contribution in [3.63, 3.8) is 0 Å². The van der Waals surface area contributed by atoms with E-state index in [2.05, 4.69) is 5.32 Å². The molecule has 1 aliphatic rings. The number of sulfonamides is 1. The van der Waals surface area contributed by atoms with E-state index in [1.54, 1.807) is 0 Å². The number of rotatable bonds is 2. The molecule has 1 heterocycles. The summed E-state index contributed by atoms with van der Waals surface area (Å²) in [6.45, 7) is 3.58. The normalized spacial score (nSPS) is 20.3. The van der Waals surface area contributed by atoms with Gasteiger partial charge in [-0.2, -0.15) is 9.57 Å². The van der Waals surface area contributed by atoms with Crippen molar-refractivity contribution < 1.29 is 8.42 Å². The fourth-order valence-corrected chi connectivity index (χ4v) is 3.50. The van der Waals surface area contributed by atoms with Crippen LogP contribution in [0.1, 0.15) is 12.5 Å². The van der Waals surface area contributed by atoms with E-state index in [0.29, 0.717) is 25.2 Å². The van der Waals surface area contributed by atoms with Gasteiger partial charge in [0.2, 0.25) is 10.0 Å². The average molecular weight is 302 g/mol. The zero-order valence-corrected chi connectivity index (χ0v) is 12.2. The highest BCUT2D eigenvalue weighted by molar-refractivity contribution is 7.89. The van der Waals surface area contributed by atoms with Crippen LogP contribution in [0.4, 0.5) is 0 Å². The molecule has 0 aliphatic carbocycles. The molecule has 1 aromatic carbocycles. The monoisotopic (exact) mass is 301 g/mol. The molecule has 1 aromatic rings. The zero-order chi connectivity index (χ0) is 13.2. The van der Waals surface area contributed by atoms with E-state index < -0.39 is 10.0 Å². The smallest absolute Gasteiger partial charge is 0.243 e. The first-order valence-corrected chi connectivity index (χ1v) is 7.22. The van der Waals surface area contributed by atoms with Crippen molar-refractivity contribution in [2.75, 3.05) is 19.6 Å². The van der Waals surface area contributed by atoms with Crippen molar-refractivity contribution in [2.24, 2.45) is 0 Å². The van der Waals surface area contributed by atoms with E-state index in [9.17, 15) is 8.42 Å². The fourth-order valence-electron chi connectivity index (χ4n) is 1.97. The Morgan fingerprint density at radius 3 is 2.53 bits per heavy atom. The van der Waals surface area contributed by atoms with Gasteiger partial charge in [0.25, 0.3) is 0 Å². The number of benzene rings is 1. The average Bonchev–Trinajstić information content (AvgIpc) is 2.39. The third kappa shape index (κ3) is 3.45. The molecule has 1 atom stereocenters. The van der Waals surface area contributed by atoms with Crippen molar-refractivity contribution >= 4 is 22.4 Å². The van der Waals surface area contributed by atoms with Gasteiger partial charge in [-0.1, -0.05) is 0 Å². The zero-order valence-electron chi connectivity index (χ0n) is 10.5. The summed E-state index contributed by atoms with van der Waals surface area (Å²) in [6.07, 6.45) is 0. The molecule has 1 saturated heterocycles. The lowest BCUT2D eigenvalue weighted by atomic mass is 10.2. The van der Waals surface area contributed by atoms with Crippen LogP contribution < -0.4 is 5.32 Å². The summed E-state index contributed by atoms with van der Waals surface area (Å²) < 4.78 is 26.2. The maximum Gasteiger partial charge on any atom is 0.243 e. The number of nitrogens with zero attached hydrogens (tertiary/aromatic N) is 2. The predicted octanol–water partition coefficient (Wildman–Crippen LogP) is 0.962. The quantitative estimate of drug-likeness (QED) is 0.883. The van der Waals surface area contributed by atoms with E-state index >= 15 is 0 Å². The maximum absolute atomic E-state index is 12.3. The third-order valence-corrected chi connectivity index (χ3v) is 4.83. The molecule has 0 aromatic heterocycles. The van der Waals surface area contributed by atoms with Crippen LogP contribution in [0.2, 0.25) is 0 Å². The van der Waals surface area contributed by atoms with E-state index in [1.165, 1.54) is 28.6 Å². The summed E-state index contributed by atoms with van der Waals surface area (Å²) in [7, 11) is -3.44. The summed E-state index contributed by atoms with van der Waals surface area (Å²) in [5, 5.41) is 11.9. The second kappa shape index (κ2) is 6.35. The van der Waals surface area contributed by atoms with Crippen LogP contribution in [0.15, 0.2) is 29.2 Å². The molecule has 0 saturated carbocycles. The lowest BCUT2D eigenvalue weighted by Crippen LogP contribution is -2.51. The van der Waals surface area contributed by atoms with Crippen LogP contribution in [-0.2, 0) is 10.0 Å². The molecule has 0 spiro atoms. The molecule has 0 radical (unpaired) electrons. The third-order valence-electron chi connectivity index (χ3n) is 2.95. The van der Waals surface area contributed by atoms with Gasteiger partial charge in [-0.3, -0.25) is 0 Å². The Hall–Kier alpha value is -1.13. The molecule has 0 unspecified atom stereocenters. The van der Waals surface area contributed by atoms with E-state index in [-0.39, 0.29) is 23.3 Å². The number of hydrogen-bond donors (Lipinski definition) is 1. The molecule has 0 bridgehead atoms. The second-order valence-corrected chi connectivity index (χ2v) is 6.29. The molecule has 7 heteroatoms. The highest BCUT2D eigenvalue weighted by Gasteiger charge is 2.28. The number of piperazine rings is 1. The van der Waals surface area contributed by atoms with Crippen molar-refractivity contribution in [1.29, 1.82) is 5.26 Å². The minimum atomic E-state index is -3.44. The molecular formula is C12H16ClN3O2S. The van der Waals surface area contributed by atoms with Crippen molar-refractivity contribution in [3.8, 4) is 6.07 Å². The molecule has 19 heavy (non-hydrogen) atoms. The standard InChI is InChI=1S/C12H15N3O2S.ClH/c1-10-9-15(7-6-14-10)18(16,17)12-4-2-11(8-13)3-5-12;/h2-5,10,14H,6-7,9H2,1H3;1H/t10-;/m0./s1. The molecule has 104 valence electrons. The Kier molecular flexibility index (Phi) is 5.32. The van der Waals surface area contributed by atoms with E-state index in [0.717, 1.165) is 0 Å². The second-order valence-electron chi connectivity index (χ2n) is 4.35. The van der Waals surface area contributed by atoms with Crippen LogP contribution in [0.25, 0.3) is 0 Å². The van der Waals surface area contributed by atoms with Crippen LogP contribution >= 0.6 is 12.4 Å². The molecule has 5 nitrogen and oxygen atoms in total. The Morgan fingerprint density at radius 2 is 2.00 bits per heavy atom. The van der Waals surface area contributed by atoms with Gasteiger partial charge in [0, 0.05) is 25.7 Å². The summed E-state index contributed by atoms with van der Waals surface area (Å²) in [6, 6.07) is 8.16. The lowest BCUT2D eigenvalue weighted by Gasteiger charge is -2.30. The Morgan fingerprint density at radius 1 is 1.37 bits per heavy atom.